The highest BCUT2D eigenvalue weighted by atomic mass is 35.5. The summed E-state index contributed by atoms with van der Waals surface area (Å²) in [6.45, 7) is 1.93. The van der Waals surface area contributed by atoms with Gasteiger partial charge in [0.2, 0.25) is 0 Å². The first kappa shape index (κ1) is 17.0. The molecule has 0 aliphatic rings. The van der Waals surface area contributed by atoms with Crippen molar-refractivity contribution in [2.24, 2.45) is 0 Å². The van der Waals surface area contributed by atoms with Crippen LogP contribution in [-0.4, -0.2) is 30.1 Å². The number of benzene rings is 2. The van der Waals surface area contributed by atoms with Crippen LogP contribution in [-0.2, 0) is 4.74 Å². The molecule has 1 aromatic heterocycles. The third-order valence-corrected chi connectivity index (χ3v) is 4.20. The molecule has 2 aromatic carbocycles. The molecule has 6 heteroatoms. The Bertz CT molecular complexity index is 900. The van der Waals surface area contributed by atoms with E-state index < -0.39 is 6.09 Å². The molecule has 0 amide bonds. The molecule has 0 saturated heterocycles. The van der Waals surface area contributed by atoms with E-state index in [1.54, 1.807) is 19.2 Å². The second kappa shape index (κ2) is 6.99. The van der Waals surface area contributed by atoms with Crippen molar-refractivity contribution in [3.05, 3.63) is 59.1 Å². The first-order valence-electron chi connectivity index (χ1n) is 7.63. The maximum Gasteiger partial charge on any atom is 0.435 e. The summed E-state index contributed by atoms with van der Waals surface area (Å²) in [6, 6.07) is 14.8. The van der Waals surface area contributed by atoms with E-state index in [2.05, 4.69) is 5.10 Å². The summed E-state index contributed by atoms with van der Waals surface area (Å²) in [6.07, 6.45) is -0.548. The fourth-order valence-electron chi connectivity index (χ4n) is 2.68. The van der Waals surface area contributed by atoms with Crippen molar-refractivity contribution in [3.63, 3.8) is 0 Å². The topological polar surface area (TPSA) is 53.4 Å². The summed E-state index contributed by atoms with van der Waals surface area (Å²) >= 11 is 5.97. The Balaban J connectivity index is 2.17. The van der Waals surface area contributed by atoms with Crippen LogP contribution in [0.2, 0.25) is 5.02 Å². The molecule has 0 bridgehead atoms. The fraction of sp³-hybridized carbons (Fsp3) is 0.158. The van der Waals surface area contributed by atoms with Gasteiger partial charge in [-0.15, -0.1) is 0 Å². The first-order chi connectivity index (χ1) is 12.0. The monoisotopic (exact) mass is 356 g/mol. The minimum Gasteiger partial charge on any atom is -0.497 e. The molecule has 0 radical (unpaired) electrons. The normalized spacial score (nSPS) is 10.6. The lowest BCUT2D eigenvalue weighted by molar-refractivity contribution is 0.169. The molecule has 0 N–H and O–H groups in total. The molecular formula is C19H17ClN2O3. The first-order valence-corrected chi connectivity index (χ1v) is 8.01. The predicted molar refractivity (Wildman–Crippen MR) is 97.2 cm³/mol. The molecule has 0 aliphatic carbocycles. The van der Waals surface area contributed by atoms with Crippen molar-refractivity contribution in [1.82, 2.24) is 9.78 Å². The summed E-state index contributed by atoms with van der Waals surface area (Å²) in [5, 5.41) is 5.10. The van der Waals surface area contributed by atoms with Gasteiger partial charge in [-0.2, -0.15) is 9.78 Å². The van der Waals surface area contributed by atoms with E-state index in [1.165, 1.54) is 11.8 Å². The zero-order valence-electron chi connectivity index (χ0n) is 14.1. The van der Waals surface area contributed by atoms with E-state index >= 15 is 0 Å². The van der Waals surface area contributed by atoms with Crippen molar-refractivity contribution < 1.29 is 14.3 Å². The van der Waals surface area contributed by atoms with E-state index in [4.69, 9.17) is 21.1 Å². The van der Waals surface area contributed by atoms with Crippen molar-refractivity contribution in [2.75, 3.05) is 14.2 Å². The van der Waals surface area contributed by atoms with Crippen LogP contribution in [0.5, 0.6) is 5.75 Å². The minimum absolute atomic E-state index is 0.548. The summed E-state index contributed by atoms with van der Waals surface area (Å²) in [5.74, 6) is 0.756. The van der Waals surface area contributed by atoms with Crippen molar-refractivity contribution in [1.29, 1.82) is 0 Å². The number of ether oxygens (including phenoxy) is 2. The third-order valence-electron chi connectivity index (χ3n) is 3.95. The molecule has 3 aromatic rings. The summed E-state index contributed by atoms with van der Waals surface area (Å²) in [4.78, 5) is 12.2. The number of methoxy groups -OCH3 is 2. The lowest BCUT2D eigenvalue weighted by Gasteiger charge is -2.06. The number of rotatable bonds is 3. The smallest absolute Gasteiger partial charge is 0.435 e. The molecule has 128 valence electrons. The second-order valence-electron chi connectivity index (χ2n) is 5.44. The zero-order valence-corrected chi connectivity index (χ0v) is 14.9. The predicted octanol–water partition coefficient (Wildman–Crippen LogP) is 4.80. The number of hydrogen-bond acceptors (Lipinski definition) is 4. The highest BCUT2D eigenvalue weighted by Gasteiger charge is 2.21. The summed E-state index contributed by atoms with van der Waals surface area (Å²) in [5.41, 5.74) is 3.97. The van der Waals surface area contributed by atoms with Gasteiger partial charge in [0, 0.05) is 21.7 Å². The molecular weight excluding hydrogens is 340 g/mol. The van der Waals surface area contributed by atoms with Gasteiger partial charge in [0.05, 0.1) is 25.6 Å². The Labute approximate surface area is 150 Å². The van der Waals surface area contributed by atoms with E-state index in [1.807, 2.05) is 43.3 Å². The molecule has 0 aliphatic heterocycles. The number of nitrogens with zero attached hydrogens (tertiary/aromatic N) is 2. The van der Waals surface area contributed by atoms with Gasteiger partial charge in [-0.3, -0.25) is 0 Å². The lowest BCUT2D eigenvalue weighted by Crippen LogP contribution is -2.14. The van der Waals surface area contributed by atoms with Crippen LogP contribution < -0.4 is 4.74 Å². The minimum atomic E-state index is -0.548. The highest BCUT2D eigenvalue weighted by molar-refractivity contribution is 6.30. The molecule has 0 fully saturated rings. The third kappa shape index (κ3) is 3.23. The van der Waals surface area contributed by atoms with Crippen molar-refractivity contribution in [3.8, 4) is 28.3 Å². The van der Waals surface area contributed by atoms with Gasteiger partial charge in [-0.1, -0.05) is 23.7 Å². The van der Waals surface area contributed by atoms with Crippen LogP contribution in [0.15, 0.2) is 48.5 Å². The maximum absolute atomic E-state index is 12.2. The zero-order chi connectivity index (χ0) is 18.0. The second-order valence-corrected chi connectivity index (χ2v) is 5.88. The van der Waals surface area contributed by atoms with Gasteiger partial charge in [-0.05, 0) is 43.3 Å². The number of carbonyl (C=O) groups is 1. The Morgan fingerprint density at radius 1 is 1.00 bits per heavy atom. The Hall–Kier alpha value is -2.79. The standard InChI is InChI=1S/C19H17ClN2O3/c1-12-17(13-6-10-16(24-2)11-7-13)21-22(19(23)25-3)18(12)14-4-8-15(20)9-5-14/h4-11H,1-3H3. The van der Waals surface area contributed by atoms with Crippen LogP contribution in [0.4, 0.5) is 4.79 Å². The molecule has 0 atom stereocenters. The van der Waals surface area contributed by atoms with Crippen LogP contribution in [0, 0.1) is 6.92 Å². The van der Waals surface area contributed by atoms with Crippen LogP contribution in [0.3, 0.4) is 0 Å². The van der Waals surface area contributed by atoms with E-state index in [0.717, 1.165) is 22.4 Å². The molecule has 0 spiro atoms. The molecule has 25 heavy (non-hydrogen) atoms. The molecule has 5 nitrogen and oxygen atoms in total. The van der Waals surface area contributed by atoms with E-state index in [0.29, 0.717) is 16.4 Å². The van der Waals surface area contributed by atoms with Crippen molar-refractivity contribution >= 4 is 17.7 Å². The van der Waals surface area contributed by atoms with Crippen LogP contribution >= 0.6 is 11.6 Å². The SMILES string of the molecule is COC(=O)n1nc(-c2ccc(OC)cc2)c(C)c1-c1ccc(Cl)cc1. The van der Waals surface area contributed by atoms with Crippen LogP contribution in [0.1, 0.15) is 5.56 Å². The molecule has 0 saturated carbocycles. The van der Waals surface area contributed by atoms with Crippen molar-refractivity contribution in [2.45, 2.75) is 6.92 Å². The lowest BCUT2D eigenvalue weighted by atomic mass is 10.0. The summed E-state index contributed by atoms with van der Waals surface area (Å²) in [7, 11) is 2.95. The number of halogens is 1. The van der Waals surface area contributed by atoms with Gasteiger partial charge in [0.15, 0.2) is 0 Å². The van der Waals surface area contributed by atoms with Gasteiger partial charge >= 0.3 is 6.09 Å². The highest BCUT2D eigenvalue weighted by Crippen LogP contribution is 2.33. The maximum atomic E-state index is 12.2. The Morgan fingerprint density at radius 3 is 2.16 bits per heavy atom. The quantitative estimate of drug-likeness (QED) is 0.676. The van der Waals surface area contributed by atoms with Gasteiger partial charge < -0.3 is 9.47 Å². The number of aromatic nitrogens is 2. The number of hydrogen-bond donors (Lipinski definition) is 0. The average Bonchev–Trinajstić information content (AvgIpc) is 2.99. The van der Waals surface area contributed by atoms with Gasteiger partial charge in [0.1, 0.15) is 5.75 Å². The molecule has 3 rings (SSSR count). The van der Waals surface area contributed by atoms with E-state index in [-0.39, 0.29) is 0 Å². The summed E-state index contributed by atoms with van der Waals surface area (Å²) < 4.78 is 11.3. The van der Waals surface area contributed by atoms with E-state index in [9.17, 15) is 4.79 Å². The number of carbonyl (C=O) groups excluding carboxylic acids is 1. The Kier molecular flexibility index (Phi) is 4.76. The molecule has 1 heterocycles. The fourth-order valence-corrected chi connectivity index (χ4v) is 2.81. The molecule has 0 unspecified atom stereocenters. The van der Waals surface area contributed by atoms with Gasteiger partial charge in [0.25, 0.3) is 0 Å². The van der Waals surface area contributed by atoms with Gasteiger partial charge in [-0.25, -0.2) is 4.79 Å². The Morgan fingerprint density at radius 2 is 1.60 bits per heavy atom. The van der Waals surface area contributed by atoms with Crippen LogP contribution in [0.25, 0.3) is 22.5 Å². The largest absolute Gasteiger partial charge is 0.497 e. The average molecular weight is 357 g/mol.